The van der Waals surface area contributed by atoms with Gasteiger partial charge < -0.3 is 10.1 Å². The summed E-state index contributed by atoms with van der Waals surface area (Å²) in [6, 6.07) is 3.65. The molecule has 7 nitrogen and oxygen atoms in total. The Morgan fingerprint density at radius 3 is 2.57 bits per heavy atom. The molecule has 0 aliphatic heterocycles. The molecule has 21 heavy (non-hydrogen) atoms. The highest BCUT2D eigenvalue weighted by atomic mass is 35.5. The van der Waals surface area contributed by atoms with Crippen molar-refractivity contribution < 1.29 is 18.3 Å². The third-order valence-electron chi connectivity index (χ3n) is 2.48. The van der Waals surface area contributed by atoms with Crippen LogP contribution in [0.25, 0.3) is 0 Å². The number of aromatic amines is 1. The van der Waals surface area contributed by atoms with Crippen LogP contribution >= 0.6 is 22.9 Å². The number of sulfonamides is 1. The molecule has 0 atom stereocenters. The van der Waals surface area contributed by atoms with Gasteiger partial charge in [-0.25, -0.2) is 13.2 Å². The Kier molecular flexibility index (Phi) is 4.08. The van der Waals surface area contributed by atoms with Crippen molar-refractivity contribution in [3.63, 3.8) is 0 Å². The second kappa shape index (κ2) is 5.51. The van der Waals surface area contributed by atoms with Crippen LogP contribution in [0.3, 0.4) is 0 Å². The van der Waals surface area contributed by atoms with E-state index in [2.05, 4.69) is 9.71 Å². The molecule has 1 aromatic heterocycles. The monoisotopic (exact) mass is 348 g/mol. The van der Waals surface area contributed by atoms with Gasteiger partial charge in [-0.3, -0.25) is 9.52 Å². The van der Waals surface area contributed by atoms with E-state index in [0.29, 0.717) is 11.3 Å². The topological polar surface area (TPSA) is 116 Å². The molecule has 2 rings (SSSR count). The van der Waals surface area contributed by atoms with E-state index in [0.717, 1.165) is 0 Å². The molecule has 2 aromatic rings. The first-order valence-electron chi connectivity index (χ1n) is 5.46. The minimum Gasteiger partial charge on any atom is -0.478 e. The number of carbonyl (C=O) groups is 1. The van der Waals surface area contributed by atoms with Gasteiger partial charge in [0.25, 0.3) is 10.0 Å². The fourth-order valence-corrected chi connectivity index (χ4v) is 4.21. The van der Waals surface area contributed by atoms with Gasteiger partial charge in [-0.05, 0) is 25.1 Å². The molecule has 0 saturated heterocycles. The average molecular weight is 349 g/mol. The van der Waals surface area contributed by atoms with Crippen LogP contribution in [0.4, 0.5) is 5.69 Å². The predicted molar refractivity (Wildman–Crippen MR) is 78.9 cm³/mol. The lowest BCUT2D eigenvalue weighted by molar-refractivity contribution is 0.0697. The van der Waals surface area contributed by atoms with Gasteiger partial charge in [-0.1, -0.05) is 22.9 Å². The predicted octanol–water partition coefficient (Wildman–Crippen LogP) is 1.90. The molecule has 0 aliphatic rings. The Labute approximate surface area is 128 Å². The van der Waals surface area contributed by atoms with Crippen LogP contribution in [-0.4, -0.2) is 24.5 Å². The van der Waals surface area contributed by atoms with Crippen LogP contribution in [0, 0.1) is 6.92 Å². The number of aryl methyl sites for hydroxylation is 1. The first-order chi connectivity index (χ1) is 9.70. The molecule has 0 bridgehead atoms. The summed E-state index contributed by atoms with van der Waals surface area (Å²) >= 11 is 6.33. The number of anilines is 1. The summed E-state index contributed by atoms with van der Waals surface area (Å²) in [4.78, 5) is 23.9. The molecule has 1 aromatic carbocycles. The summed E-state index contributed by atoms with van der Waals surface area (Å²) in [5, 5.41) is 8.75. The van der Waals surface area contributed by atoms with Crippen LogP contribution in [0.15, 0.2) is 27.2 Å². The number of halogens is 1. The Bertz CT molecular complexity index is 869. The molecular weight excluding hydrogens is 340 g/mol. The van der Waals surface area contributed by atoms with Crippen LogP contribution in [0.5, 0.6) is 0 Å². The summed E-state index contributed by atoms with van der Waals surface area (Å²) < 4.78 is 26.4. The molecule has 10 heteroatoms. The molecular formula is C11H9ClN2O5S2. The number of hydrogen-bond donors (Lipinski definition) is 3. The Balaban J connectivity index is 2.37. The van der Waals surface area contributed by atoms with Gasteiger partial charge in [-0.15, -0.1) is 0 Å². The SMILES string of the molecule is Cc1[nH]c(=O)sc1S(=O)(=O)Nc1ccc(C(=O)O)c(Cl)c1. The summed E-state index contributed by atoms with van der Waals surface area (Å²) in [7, 11) is -3.94. The Hall–Kier alpha value is -1.84. The third-order valence-corrected chi connectivity index (χ3v) is 5.78. The van der Waals surface area contributed by atoms with Gasteiger partial charge >= 0.3 is 10.8 Å². The van der Waals surface area contributed by atoms with E-state index in [-0.39, 0.29) is 26.2 Å². The number of H-pyrrole nitrogens is 1. The number of rotatable bonds is 4. The molecule has 0 unspecified atom stereocenters. The molecule has 0 fully saturated rings. The standard InChI is InChI=1S/C11H9ClN2O5S2/c1-5-10(20-11(17)13-5)21(18,19)14-6-2-3-7(9(15)16)8(12)4-6/h2-4,14H,1H3,(H,13,17)(H,15,16). The first-order valence-corrected chi connectivity index (χ1v) is 8.14. The average Bonchev–Trinajstić information content (AvgIpc) is 2.68. The molecule has 0 aliphatic carbocycles. The number of hydrogen-bond acceptors (Lipinski definition) is 5. The van der Waals surface area contributed by atoms with Crippen molar-refractivity contribution in [1.82, 2.24) is 4.98 Å². The fourth-order valence-electron chi connectivity index (χ4n) is 1.60. The van der Waals surface area contributed by atoms with Crippen molar-refractivity contribution in [2.45, 2.75) is 11.1 Å². The fraction of sp³-hybridized carbons (Fsp3) is 0.0909. The van der Waals surface area contributed by atoms with E-state index in [1.54, 1.807) is 0 Å². The molecule has 0 amide bonds. The van der Waals surface area contributed by atoms with Crippen LogP contribution < -0.4 is 9.60 Å². The van der Waals surface area contributed by atoms with Crippen molar-refractivity contribution in [2.75, 3.05) is 4.72 Å². The number of carboxylic acid groups (broad SMARTS) is 1. The van der Waals surface area contributed by atoms with Crippen LogP contribution in [-0.2, 0) is 10.0 Å². The van der Waals surface area contributed by atoms with Crippen LogP contribution in [0.1, 0.15) is 16.1 Å². The van der Waals surface area contributed by atoms with E-state index in [4.69, 9.17) is 16.7 Å². The van der Waals surface area contributed by atoms with E-state index in [1.165, 1.54) is 25.1 Å². The normalized spacial score (nSPS) is 11.3. The van der Waals surface area contributed by atoms with Gasteiger partial charge in [0, 0.05) is 5.69 Å². The highest BCUT2D eigenvalue weighted by molar-refractivity contribution is 7.94. The second-order valence-corrected chi connectivity index (χ2v) is 7.30. The van der Waals surface area contributed by atoms with E-state index >= 15 is 0 Å². The number of aromatic nitrogens is 1. The number of benzene rings is 1. The maximum atomic E-state index is 12.1. The van der Waals surface area contributed by atoms with E-state index in [9.17, 15) is 18.0 Å². The van der Waals surface area contributed by atoms with Crippen molar-refractivity contribution in [1.29, 1.82) is 0 Å². The van der Waals surface area contributed by atoms with Crippen molar-refractivity contribution >= 4 is 44.6 Å². The molecule has 0 radical (unpaired) electrons. The second-order valence-electron chi connectivity index (χ2n) is 4.03. The maximum absolute atomic E-state index is 12.1. The maximum Gasteiger partial charge on any atom is 0.337 e. The molecule has 3 N–H and O–H groups in total. The zero-order valence-electron chi connectivity index (χ0n) is 10.5. The Morgan fingerprint density at radius 2 is 2.10 bits per heavy atom. The van der Waals surface area contributed by atoms with Crippen LogP contribution in [0.2, 0.25) is 5.02 Å². The highest BCUT2D eigenvalue weighted by Crippen LogP contribution is 2.24. The van der Waals surface area contributed by atoms with Gasteiger partial charge in [0.15, 0.2) is 4.21 Å². The molecule has 0 saturated carbocycles. The number of thiazole rings is 1. The number of aromatic carboxylic acids is 1. The first kappa shape index (κ1) is 15.5. The van der Waals surface area contributed by atoms with Crippen molar-refractivity contribution in [2.24, 2.45) is 0 Å². The lowest BCUT2D eigenvalue weighted by Crippen LogP contribution is -2.13. The largest absolute Gasteiger partial charge is 0.478 e. The lowest BCUT2D eigenvalue weighted by Gasteiger charge is -2.08. The van der Waals surface area contributed by atoms with Gasteiger partial charge in [0.05, 0.1) is 16.3 Å². The minimum atomic E-state index is -3.94. The molecule has 1 heterocycles. The summed E-state index contributed by atoms with van der Waals surface area (Å²) in [5.41, 5.74) is 0.193. The van der Waals surface area contributed by atoms with Crippen molar-refractivity contribution in [3.8, 4) is 0 Å². The Morgan fingerprint density at radius 1 is 1.43 bits per heavy atom. The lowest BCUT2D eigenvalue weighted by atomic mass is 10.2. The third kappa shape index (κ3) is 3.26. The zero-order chi connectivity index (χ0) is 15.8. The zero-order valence-corrected chi connectivity index (χ0v) is 12.9. The number of nitrogens with one attached hydrogen (secondary N) is 2. The summed E-state index contributed by atoms with van der Waals surface area (Å²) in [6.07, 6.45) is 0. The highest BCUT2D eigenvalue weighted by Gasteiger charge is 2.21. The summed E-state index contributed by atoms with van der Waals surface area (Å²) in [5.74, 6) is -1.21. The van der Waals surface area contributed by atoms with Gasteiger partial charge in [0.2, 0.25) is 0 Å². The minimum absolute atomic E-state index is 0.0957. The van der Waals surface area contributed by atoms with Gasteiger partial charge in [-0.2, -0.15) is 0 Å². The molecule has 112 valence electrons. The quantitative estimate of drug-likeness (QED) is 0.780. The smallest absolute Gasteiger partial charge is 0.337 e. The molecule has 0 spiro atoms. The summed E-state index contributed by atoms with van der Waals surface area (Å²) in [6.45, 7) is 1.47. The van der Waals surface area contributed by atoms with E-state index in [1.807, 2.05) is 0 Å². The van der Waals surface area contributed by atoms with Crippen molar-refractivity contribution in [3.05, 3.63) is 44.1 Å². The van der Waals surface area contributed by atoms with E-state index < -0.39 is 20.9 Å². The van der Waals surface area contributed by atoms with Gasteiger partial charge in [0.1, 0.15) is 0 Å². The number of carboxylic acids is 1.